The number of nitrogens with zero attached hydrogens (tertiary/aromatic N) is 4. The highest BCUT2D eigenvalue weighted by Crippen LogP contribution is 2.37. The molecular formula is C25H38N4O4. The van der Waals surface area contributed by atoms with Crippen LogP contribution in [-0.4, -0.2) is 71.5 Å². The maximum absolute atomic E-state index is 13.6. The third kappa shape index (κ3) is 5.39. The molecule has 2 aromatic heterocycles. The van der Waals surface area contributed by atoms with E-state index in [1.807, 2.05) is 11.2 Å². The van der Waals surface area contributed by atoms with Crippen LogP contribution in [-0.2, 0) is 32.0 Å². The summed E-state index contributed by atoms with van der Waals surface area (Å²) in [6.45, 7) is 7.04. The molecular weight excluding hydrogens is 420 g/mol. The van der Waals surface area contributed by atoms with Gasteiger partial charge in [0.2, 0.25) is 0 Å². The highest BCUT2D eigenvalue weighted by Gasteiger charge is 2.41. The van der Waals surface area contributed by atoms with E-state index in [9.17, 15) is 4.79 Å². The van der Waals surface area contributed by atoms with Gasteiger partial charge in [0, 0.05) is 39.3 Å². The number of amides is 1. The number of aryl methyl sites for hydroxylation is 2. The molecule has 1 saturated heterocycles. The van der Waals surface area contributed by atoms with Crippen molar-refractivity contribution in [1.29, 1.82) is 0 Å². The Morgan fingerprint density at radius 2 is 2.09 bits per heavy atom. The molecule has 0 spiro atoms. The molecule has 0 unspecified atom stereocenters. The number of methoxy groups -OCH3 is 2. The Morgan fingerprint density at radius 3 is 2.73 bits per heavy atom. The van der Waals surface area contributed by atoms with E-state index < -0.39 is 0 Å². The van der Waals surface area contributed by atoms with E-state index in [1.54, 1.807) is 14.2 Å². The molecule has 2 aromatic rings. The predicted octanol–water partition coefficient (Wildman–Crippen LogP) is 3.52. The molecule has 0 N–H and O–H groups in total. The number of fused-ring (bicyclic) bond motifs is 1. The van der Waals surface area contributed by atoms with Crippen LogP contribution in [0.1, 0.15) is 63.4 Å². The lowest BCUT2D eigenvalue weighted by molar-refractivity contribution is -0.152. The van der Waals surface area contributed by atoms with E-state index >= 15 is 0 Å². The summed E-state index contributed by atoms with van der Waals surface area (Å²) in [6, 6.07) is 2.29. The fraction of sp³-hybridized carbons (Fsp3) is 0.720. The van der Waals surface area contributed by atoms with Gasteiger partial charge in [-0.05, 0) is 51.5 Å². The minimum Gasteiger partial charge on any atom is -0.385 e. The van der Waals surface area contributed by atoms with Crippen LogP contribution in [0.4, 0.5) is 0 Å². The van der Waals surface area contributed by atoms with Crippen molar-refractivity contribution >= 4 is 16.9 Å². The number of imidazole rings is 1. The molecule has 3 atom stereocenters. The lowest BCUT2D eigenvalue weighted by Gasteiger charge is -2.35. The van der Waals surface area contributed by atoms with Crippen LogP contribution in [0.3, 0.4) is 0 Å². The van der Waals surface area contributed by atoms with Crippen molar-refractivity contribution in [3.8, 4) is 0 Å². The van der Waals surface area contributed by atoms with Crippen molar-refractivity contribution in [3.05, 3.63) is 23.8 Å². The van der Waals surface area contributed by atoms with Gasteiger partial charge in [-0.1, -0.05) is 6.92 Å². The predicted molar refractivity (Wildman–Crippen MR) is 126 cm³/mol. The Morgan fingerprint density at radius 1 is 1.27 bits per heavy atom. The summed E-state index contributed by atoms with van der Waals surface area (Å²) in [7, 11) is 3.44. The first kappa shape index (κ1) is 24.1. The Balaban J connectivity index is 1.56. The zero-order chi connectivity index (χ0) is 23.4. The molecule has 8 heteroatoms. The fourth-order valence-electron chi connectivity index (χ4n) is 4.88. The molecule has 1 saturated carbocycles. The van der Waals surface area contributed by atoms with Gasteiger partial charge in [-0.2, -0.15) is 0 Å². The summed E-state index contributed by atoms with van der Waals surface area (Å²) in [4.78, 5) is 25.2. The van der Waals surface area contributed by atoms with E-state index in [0.717, 1.165) is 67.5 Å². The van der Waals surface area contributed by atoms with Gasteiger partial charge < -0.3 is 23.7 Å². The fourth-order valence-corrected chi connectivity index (χ4v) is 4.88. The van der Waals surface area contributed by atoms with Crippen molar-refractivity contribution in [1.82, 2.24) is 19.4 Å². The van der Waals surface area contributed by atoms with Crippen molar-refractivity contribution in [2.75, 3.05) is 34.0 Å². The number of hydrogen-bond acceptors (Lipinski definition) is 6. The molecule has 33 heavy (non-hydrogen) atoms. The van der Waals surface area contributed by atoms with E-state index in [0.29, 0.717) is 25.7 Å². The van der Waals surface area contributed by atoms with Gasteiger partial charge in [0.15, 0.2) is 0 Å². The van der Waals surface area contributed by atoms with Crippen molar-refractivity contribution in [2.24, 2.45) is 5.92 Å². The maximum atomic E-state index is 13.6. The number of ether oxygens (including phenoxy) is 3. The number of pyridine rings is 1. The Labute approximate surface area is 196 Å². The van der Waals surface area contributed by atoms with Crippen LogP contribution in [0, 0.1) is 5.92 Å². The van der Waals surface area contributed by atoms with E-state index in [-0.39, 0.29) is 24.1 Å². The molecule has 0 bridgehead atoms. The third-order valence-corrected chi connectivity index (χ3v) is 6.87. The minimum atomic E-state index is -0.366. The second-order valence-electron chi connectivity index (χ2n) is 9.37. The summed E-state index contributed by atoms with van der Waals surface area (Å²) in [5.74, 6) is 0.481. The number of rotatable bonds is 11. The SMILES string of the molecule is CCc1nc([C@H](C)N(C(=O)[C@H]2CC[C@@H](COC)CO2)C2CC2)cc2c1ncn2CCCOC. The Bertz CT molecular complexity index is 934. The zero-order valence-corrected chi connectivity index (χ0v) is 20.5. The molecule has 0 aromatic carbocycles. The quantitative estimate of drug-likeness (QED) is 0.480. The second-order valence-corrected chi connectivity index (χ2v) is 9.37. The van der Waals surface area contributed by atoms with Crippen molar-refractivity contribution in [3.63, 3.8) is 0 Å². The first-order valence-corrected chi connectivity index (χ1v) is 12.3. The number of carbonyl (C=O) groups excluding carboxylic acids is 1. The molecule has 2 fully saturated rings. The topological polar surface area (TPSA) is 78.7 Å². The number of hydrogen-bond donors (Lipinski definition) is 0. The Kier molecular flexibility index (Phi) is 7.98. The normalized spacial score (nSPS) is 21.9. The average Bonchev–Trinajstić information content (AvgIpc) is 3.58. The van der Waals surface area contributed by atoms with Crippen LogP contribution >= 0.6 is 0 Å². The largest absolute Gasteiger partial charge is 0.385 e. The highest BCUT2D eigenvalue weighted by molar-refractivity contribution is 5.82. The summed E-state index contributed by atoms with van der Waals surface area (Å²) in [5, 5.41) is 0. The van der Waals surface area contributed by atoms with Crippen molar-refractivity contribution in [2.45, 2.75) is 77.1 Å². The van der Waals surface area contributed by atoms with Crippen molar-refractivity contribution < 1.29 is 19.0 Å². The third-order valence-electron chi connectivity index (χ3n) is 6.87. The van der Waals surface area contributed by atoms with Crippen LogP contribution < -0.4 is 0 Å². The smallest absolute Gasteiger partial charge is 0.252 e. The molecule has 4 rings (SSSR count). The maximum Gasteiger partial charge on any atom is 0.252 e. The Hall–Kier alpha value is -2.03. The summed E-state index contributed by atoms with van der Waals surface area (Å²) in [6.07, 6.45) is 7.06. The van der Waals surface area contributed by atoms with Gasteiger partial charge in [-0.15, -0.1) is 0 Å². The lowest BCUT2D eigenvalue weighted by atomic mass is 9.98. The molecule has 182 valence electrons. The average molecular weight is 459 g/mol. The molecule has 0 radical (unpaired) electrons. The highest BCUT2D eigenvalue weighted by atomic mass is 16.5. The van der Waals surface area contributed by atoms with Gasteiger partial charge in [0.1, 0.15) is 11.6 Å². The van der Waals surface area contributed by atoms with Gasteiger partial charge in [0.25, 0.3) is 5.91 Å². The summed E-state index contributed by atoms with van der Waals surface area (Å²) >= 11 is 0. The van der Waals surface area contributed by atoms with Crippen LogP contribution in [0.5, 0.6) is 0 Å². The second kappa shape index (κ2) is 10.9. The first-order chi connectivity index (χ1) is 16.1. The molecule has 1 amide bonds. The van der Waals surface area contributed by atoms with Crippen LogP contribution in [0.15, 0.2) is 12.4 Å². The molecule has 3 heterocycles. The molecule has 1 aliphatic carbocycles. The monoisotopic (exact) mass is 458 g/mol. The first-order valence-electron chi connectivity index (χ1n) is 12.3. The van der Waals surface area contributed by atoms with E-state index in [2.05, 4.69) is 29.5 Å². The van der Waals surface area contributed by atoms with Gasteiger partial charge in [-0.25, -0.2) is 4.98 Å². The van der Waals surface area contributed by atoms with Gasteiger partial charge in [-0.3, -0.25) is 9.78 Å². The molecule has 8 nitrogen and oxygen atoms in total. The molecule has 2 aliphatic rings. The summed E-state index contributed by atoms with van der Waals surface area (Å²) in [5.41, 5.74) is 3.95. The van der Waals surface area contributed by atoms with Crippen LogP contribution in [0.2, 0.25) is 0 Å². The van der Waals surface area contributed by atoms with E-state index in [4.69, 9.17) is 19.2 Å². The minimum absolute atomic E-state index is 0.106. The lowest BCUT2D eigenvalue weighted by Crippen LogP contribution is -2.46. The summed E-state index contributed by atoms with van der Waals surface area (Å²) < 4.78 is 18.7. The zero-order valence-electron chi connectivity index (χ0n) is 20.5. The number of aromatic nitrogens is 3. The number of carbonyl (C=O) groups is 1. The van der Waals surface area contributed by atoms with Gasteiger partial charge in [0.05, 0.1) is 42.5 Å². The van der Waals surface area contributed by atoms with E-state index in [1.165, 1.54) is 0 Å². The standard InChI is InChI=1S/C25H38N4O4/c1-5-20-24-22(28(16-26-24)11-6-12-31-3)13-21(27-20)17(2)29(19-8-9-19)25(30)23-10-7-18(14-32-4)15-33-23/h13,16-19,23H,5-12,14-15H2,1-4H3/t17-,18-,23+/m0/s1. The molecule has 1 aliphatic heterocycles. The van der Waals surface area contributed by atoms with Gasteiger partial charge >= 0.3 is 0 Å². The van der Waals surface area contributed by atoms with Crippen LogP contribution in [0.25, 0.3) is 11.0 Å².